The fourth-order valence-electron chi connectivity index (χ4n) is 2.19. The third kappa shape index (κ3) is 6.42. The molecule has 0 bridgehead atoms. The van der Waals surface area contributed by atoms with Gasteiger partial charge in [-0.25, -0.2) is 0 Å². The van der Waals surface area contributed by atoms with Gasteiger partial charge in [0.1, 0.15) is 5.92 Å². The molecule has 0 spiro atoms. The van der Waals surface area contributed by atoms with Crippen LogP contribution in [0.25, 0.3) is 0 Å². The van der Waals surface area contributed by atoms with E-state index in [2.05, 4.69) is 29.2 Å². The summed E-state index contributed by atoms with van der Waals surface area (Å²) in [6.45, 7) is 9.32. The number of hydrogen-bond acceptors (Lipinski definition) is 4. The van der Waals surface area contributed by atoms with Crippen LogP contribution in [0.3, 0.4) is 0 Å². The maximum absolute atomic E-state index is 12.1. The number of carbonyl (C=O) groups excluding carboxylic acids is 1. The molecule has 112 valence electrons. The van der Waals surface area contributed by atoms with Gasteiger partial charge in [0.2, 0.25) is 5.91 Å². The zero-order valence-electron chi connectivity index (χ0n) is 12.9. The van der Waals surface area contributed by atoms with Crippen molar-refractivity contribution in [3.63, 3.8) is 0 Å². The summed E-state index contributed by atoms with van der Waals surface area (Å²) < 4.78 is 0. The number of hydrogen-bond donors (Lipinski definition) is 3. The summed E-state index contributed by atoms with van der Waals surface area (Å²) in [6, 6.07) is 0. The van der Waals surface area contributed by atoms with E-state index in [1.807, 2.05) is 27.9 Å². The average molecular weight is 272 g/mol. The van der Waals surface area contributed by atoms with Gasteiger partial charge in [0, 0.05) is 13.1 Å². The number of nitrogens with two attached hydrogens (primary N) is 1. The highest BCUT2D eigenvalue weighted by molar-refractivity contribution is 6.02. The summed E-state index contributed by atoms with van der Waals surface area (Å²) in [6.07, 6.45) is 0. The van der Waals surface area contributed by atoms with E-state index in [4.69, 9.17) is 10.9 Å². The first kappa shape index (κ1) is 17.7. The molecule has 0 aliphatic heterocycles. The number of nitrogens with one attached hydrogen (secondary N) is 1. The van der Waals surface area contributed by atoms with Crippen LogP contribution in [0.5, 0.6) is 0 Å². The Kier molecular flexibility index (Phi) is 6.83. The molecule has 0 rings (SSSR count). The number of nitrogens with zero attached hydrogens (tertiary/aromatic N) is 2. The highest BCUT2D eigenvalue weighted by atomic mass is 16.4. The van der Waals surface area contributed by atoms with Crippen molar-refractivity contribution in [2.24, 2.45) is 28.1 Å². The number of rotatable bonds is 7. The molecule has 1 amide bonds. The van der Waals surface area contributed by atoms with Crippen molar-refractivity contribution in [2.75, 3.05) is 27.2 Å². The lowest BCUT2D eigenvalue weighted by atomic mass is 9.90. The van der Waals surface area contributed by atoms with Gasteiger partial charge in [-0.1, -0.05) is 32.9 Å². The third-order valence-electron chi connectivity index (χ3n) is 2.87. The number of carbonyl (C=O) groups is 1. The van der Waals surface area contributed by atoms with E-state index in [1.165, 1.54) is 0 Å². The Morgan fingerprint density at radius 1 is 1.42 bits per heavy atom. The highest BCUT2D eigenvalue weighted by Crippen LogP contribution is 2.16. The van der Waals surface area contributed by atoms with E-state index < -0.39 is 5.92 Å². The molecule has 1 atom stereocenters. The fraction of sp³-hybridized carbons (Fsp3) is 0.846. The van der Waals surface area contributed by atoms with Crippen LogP contribution in [0, 0.1) is 17.3 Å². The largest absolute Gasteiger partial charge is 0.409 e. The molecule has 0 aliphatic carbocycles. The Morgan fingerprint density at radius 3 is 2.32 bits per heavy atom. The monoisotopic (exact) mass is 272 g/mol. The Morgan fingerprint density at radius 2 is 1.95 bits per heavy atom. The SMILES string of the molecule is CC(C)C(C(=O)NCC(C)(C)CN(C)C)C(N)=NO. The molecule has 1 unspecified atom stereocenters. The Balaban J connectivity index is 4.59. The summed E-state index contributed by atoms with van der Waals surface area (Å²) in [5, 5.41) is 14.6. The molecule has 0 radical (unpaired) electrons. The van der Waals surface area contributed by atoms with Crippen molar-refractivity contribution in [3.8, 4) is 0 Å². The first-order chi connectivity index (χ1) is 8.60. The Hall–Kier alpha value is -1.30. The lowest BCUT2D eigenvalue weighted by molar-refractivity contribution is -0.124. The summed E-state index contributed by atoms with van der Waals surface area (Å²) in [5.74, 6) is -0.858. The summed E-state index contributed by atoms with van der Waals surface area (Å²) in [5.41, 5.74) is 5.53. The van der Waals surface area contributed by atoms with Crippen molar-refractivity contribution in [1.82, 2.24) is 10.2 Å². The van der Waals surface area contributed by atoms with Crippen molar-refractivity contribution in [1.29, 1.82) is 0 Å². The number of amidine groups is 1. The quantitative estimate of drug-likeness (QED) is 0.275. The zero-order valence-corrected chi connectivity index (χ0v) is 12.9. The predicted octanol–water partition coefficient (Wildman–Crippen LogP) is 0.709. The smallest absolute Gasteiger partial charge is 0.231 e. The van der Waals surface area contributed by atoms with Crippen LogP contribution in [-0.2, 0) is 4.79 Å². The molecule has 0 aromatic heterocycles. The summed E-state index contributed by atoms with van der Waals surface area (Å²) >= 11 is 0. The van der Waals surface area contributed by atoms with Crippen LogP contribution in [0.15, 0.2) is 5.16 Å². The van der Waals surface area contributed by atoms with Gasteiger partial charge in [0.25, 0.3) is 0 Å². The second-order valence-corrected chi connectivity index (χ2v) is 6.37. The Labute approximate surface area is 116 Å². The predicted molar refractivity (Wildman–Crippen MR) is 77.1 cm³/mol. The molecule has 0 aliphatic rings. The second-order valence-electron chi connectivity index (χ2n) is 6.37. The standard InChI is InChI=1S/C13H28N4O2/c1-9(2)10(11(14)16-19)12(18)15-7-13(3,4)8-17(5)6/h9-10,19H,7-8H2,1-6H3,(H2,14,16)(H,15,18). The molecule has 0 heterocycles. The van der Waals surface area contributed by atoms with Gasteiger partial charge < -0.3 is 21.2 Å². The molecule has 19 heavy (non-hydrogen) atoms. The van der Waals surface area contributed by atoms with Gasteiger partial charge >= 0.3 is 0 Å². The molecule has 0 saturated heterocycles. The molecule has 0 aromatic rings. The van der Waals surface area contributed by atoms with Crippen LogP contribution in [-0.4, -0.2) is 49.0 Å². The number of oxime groups is 1. The van der Waals surface area contributed by atoms with Crippen LogP contribution in [0.4, 0.5) is 0 Å². The van der Waals surface area contributed by atoms with Gasteiger partial charge in [0.15, 0.2) is 5.84 Å². The number of amides is 1. The van der Waals surface area contributed by atoms with Crippen LogP contribution >= 0.6 is 0 Å². The zero-order chi connectivity index (χ0) is 15.2. The Bertz CT molecular complexity index is 325. The molecular weight excluding hydrogens is 244 g/mol. The maximum Gasteiger partial charge on any atom is 0.231 e. The van der Waals surface area contributed by atoms with Gasteiger partial charge in [-0.05, 0) is 25.4 Å². The minimum absolute atomic E-state index is 0.0205. The molecule has 0 saturated carbocycles. The van der Waals surface area contributed by atoms with Crippen molar-refractivity contribution >= 4 is 11.7 Å². The first-order valence-electron chi connectivity index (χ1n) is 6.50. The summed E-state index contributed by atoms with van der Waals surface area (Å²) in [7, 11) is 3.99. The van der Waals surface area contributed by atoms with E-state index in [0.29, 0.717) is 6.54 Å². The summed E-state index contributed by atoms with van der Waals surface area (Å²) in [4.78, 5) is 14.2. The van der Waals surface area contributed by atoms with E-state index in [9.17, 15) is 4.79 Å². The fourth-order valence-corrected chi connectivity index (χ4v) is 2.19. The van der Waals surface area contributed by atoms with Crippen LogP contribution in [0.2, 0.25) is 0 Å². The van der Waals surface area contributed by atoms with Crippen molar-refractivity contribution in [2.45, 2.75) is 27.7 Å². The van der Waals surface area contributed by atoms with E-state index in [0.717, 1.165) is 6.54 Å². The second kappa shape index (κ2) is 7.33. The maximum atomic E-state index is 12.1. The molecule has 6 nitrogen and oxygen atoms in total. The first-order valence-corrected chi connectivity index (χ1v) is 6.50. The molecule has 0 fully saturated rings. The molecular formula is C13H28N4O2. The van der Waals surface area contributed by atoms with Crippen molar-refractivity contribution in [3.05, 3.63) is 0 Å². The topological polar surface area (TPSA) is 91.0 Å². The van der Waals surface area contributed by atoms with Crippen LogP contribution in [0.1, 0.15) is 27.7 Å². The highest BCUT2D eigenvalue weighted by Gasteiger charge is 2.28. The average Bonchev–Trinajstić information content (AvgIpc) is 2.24. The molecule has 4 N–H and O–H groups in total. The minimum atomic E-state index is -0.597. The van der Waals surface area contributed by atoms with E-state index >= 15 is 0 Å². The molecule has 6 heteroatoms. The minimum Gasteiger partial charge on any atom is -0.409 e. The van der Waals surface area contributed by atoms with Crippen molar-refractivity contribution < 1.29 is 10.0 Å². The van der Waals surface area contributed by atoms with Gasteiger partial charge in [-0.3, -0.25) is 4.79 Å². The van der Waals surface area contributed by atoms with Gasteiger partial charge in [0.05, 0.1) is 0 Å². The van der Waals surface area contributed by atoms with E-state index in [-0.39, 0.29) is 23.1 Å². The normalized spacial score (nSPS) is 14.8. The lowest BCUT2D eigenvalue weighted by Crippen LogP contribution is -2.46. The van der Waals surface area contributed by atoms with Crippen LogP contribution < -0.4 is 11.1 Å². The molecule has 0 aromatic carbocycles. The van der Waals surface area contributed by atoms with E-state index in [1.54, 1.807) is 0 Å². The lowest BCUT2D eigenvalue weighted by Gasteiger charge is -2.29. The third-order valence-corrected chi connectivity index (χ3v) is 2.87. The van der Waals surface area contributed by atoms with Gasteiger partial charge in [-0.2, -0.15) is 0 Å². The van der Waals surface area contributed by atoms with Gasteiger partial charge in [-0.15, -0.1) is 0 Å².